The number of carbonyl (C=O) groups is 2. The second kappa shape index (κ2) is 10.7. The van der Waals surface area contributed by atoms with E-state index in [1.807, 2.05) is 37.3 Å². The molecule has 1 rings (SSSR count). The number of unbranched alkanes of at least 4 members (excludes halogenated alkanes) is 1. The molecule has 6 nitrogen and oxygen atoms in total. The molecule has 0 aromatic heterocycles. The fraction of sp³-hybridized carbons (Fsp3) is 0.579. The first-order valence-electron chi connectivity index (χ1n) is 8.83. The van der Waals surface area contributed by atoms with Crippen LogP contribution >= 0.6 is 0 Å². The number of amides is 1. The molecule has 6 heteroatoms. The third-order valence-electron chi connectivity index (χ3n) is 3.79. The second-order valence-corrected chi connectivity index (χ2v) is 5.83. The van der Waals surface area contributed by atoms with Gasteiger partial charge in [0.1, 0.15) is 0 Å². The lowest BCUT2D eigenvalue weighted by atomic mass is 9.97. The maximum atomic E-state index is 12.4. The van der Waals surface area contributed by atoms with Crippen molar-refractivity contribution in [3.63, 3.8) is 0 Å². The summed E-state index contributed by atoms with van der Waals surface area (Å²) in [7, 11) is 0. The van der Waals surface area contributed by atoms with Crippen LogP contribution in [0.5, 0.6) is 0 Å². The first kappa shape index (κ1) is 21.0. The van der Waals surface area contributed by atoms with Crippen LogP contribution in [0.4, 0.5) is 4.79 Å². The van der Waals surface area contributed by atoms with Gasteiger partial charge in [-0.05, 0) is 25.8 Å². The van der Waals surface area contributed by atoms with Gasteiger partial charge in [0.2, 0.25) is 0 Å². The Morgan fingerprint density at radius 2 is 1.72 bits per heavy atom. The third kappa shape index (κ3) is 6.74. The number of hydrogen-bond donors (Lipinski definition) is 1. The van der Waals surface area contributed by atoms with Crippen LogP contribution in [-0.4, -0.2) is 47.6 Å². The standard InChI is InChI=1S/C19H29NO5/c1-4-7-13-20(18(22)25-6-3)19(23,15-17(21)24-5-2)14-16-11-9-8-10-12-16/h8-12,23H,4-7,13-15H2,1-3H3/t19-/m1/s1. The number of nitrogens with zero attached hydrogens (tertiary/aromatic N) is 1. The summed E-state index contributed by atoms with van der Waals surface area (Å²) < 4.78 is 10.1. The highest BCUT2D eigenvalue weighted by molar-refractivity contribution is 5.73. The van der Waals surface area contributed by atoms with Gasteiger partial charge in [0.15, 0.2) is 5.72 Å². The number of carbonyl (C=O) groups excluding carboxylic acids is 2. The molecule has 0 aliphatic heterocycles. The van der Waals surface area contributed by atoms with Crippen LogP contribution in [0.2, 0.25) is 0 Å². The molecular formula is C19H29NO5. The molecule has 0 bridgehead atoms. The van der Waals surface area contributed by atoms with E-state index in [-0.39, 0.29) is 26.1 Å². The summed E-state index contributed by atoms with van der Waals surface area (Å²) in [4.78, 5) is 25.7. The van der Waals surface area contributed by atoms with Crippen LogP contribution in [0.3, 0.4) is 0 Å². The summed E-state index contributed by atoms with van der Waals surface area (Å²) in [6.45, 7) is 6.12. The largest absolute Gasteiger partial charge is 0.466 e. The number of rotatable bonds is 10. The molecule has 0 aliphatic rings. The van der Waals surface area contributed by atoms with Gasteiger partial charge in [0, 0.05) is 13.0 Å². The Balaban J connectivity index is 3.13. The molecule has 0 unspecified atom stereocenters. The van der Waals surface area contributed by atoms with E-state index in [4.69, 9.17) is 9.47 Å². The Kier molecular flexibility index (Phi) is 8.99. The highest BCUT2D eigenvalue weighted by Gasteiger charge is 2.41. The highest BCUT2D eigenvalue weighted by atomic mass is 16.6. The summed E-state index contributed by atoms with van der Waals surface area (Å²) in [5.41, 5.74) is -0.880. The van der Waals surface area contributed by atoms with Crippen molar-refractivity contribution in [2.75, 3.05) is 19.8 Å². The molecule has 0 saturated heterocycles. The fourth-order valence-corrected chi connectivity index (χ4v) is 2.61. The number of esters is 1. The lowest BCUT2D eigenvalue weighted by molar-refractivity contribution is -0.159. The van der Waals surface area contributed by atoms with E-state index >= 15 is 0 Å². The van der Waals surface area contributed by atoms with Crippen molar-refractivity contribution >= 4 is 12.1 Å². The molecular weight excluding hydrogens is 322 g/mol. The first-order chi connectivity index (χ1) is 12.0. The van der Waals surface area contributed by atoms with Crippen molar-refractivity contribution in [3.05, 3.63) is 35.9 Å². The van der Waals surface area contributed by atoms with Crippen molar-refractivity contribution in [2.24, 2.45) is 0 Å². The average Bonchev–Trinajstić information content (AvgIpc) is 2.56. The lowest BCUT2D eigenvalue weighted by Gasteiger charge is -2.38. The Morgan fingerprint density at radius 3 is 2.28 bits per heavy atom. The maximum absolute atomic E-state index is 12.4. The maximum Gasteiger partial charge on any atom is 0.412 e. The third-order valence-corrected chi connectivity index (χ3v) is 3.79. The van der Waals surface area contributed by atoms with Crippen molar-refractivity contribution in [3.8, 4) is 0 Å². The summed E-state index contributed by atoms with van der Waals surface area (Å²) in [5, 5.41) is 11.3. The molecule has 0 radical (unpaired) electrons. The monoisotopic (exact) mass is 351 g/mol. The van der Waals surface area contributed by atoms with Crippen molar-refractivity contribution in [1.82, 2.24) is 4.90 Å². The normalized spacial score (nSPS) is 13.0. The van der Waals surface area contributed by atoms with E-state index in [9.17, 15) is 14.7 Å². The van der Waals surface area contributed by atoms with Crippen molar-refractivity contribution in [2.45, 2.75) is 52.2 Å². The fourth-order valence-electron chi connectivity index (χ4n) is 2.61. The number of benzene rings is 1. The van der Waals surface area contributed by atoms with Gasteiger partial charge >= 0.3 is 12.1 Å². The highest BCUT2D eigenvalue weighted by Crippen LogP contribution is 2.25. The van der Waals surface area contributed by atoms with Gasteiger partial charge in [-0.25, -0.2) is 4.79 Å². The molecule has 0 aliphatic carbocycles. The molecule has 25 heavy (non-hydrogen) atoms. The molecule has 1 amide bonds. The lowest BCUT2D eigenvalue weighted by Crippen LogP contribution is -2.55. The van der Waals surface area contributed by atoms with Gasteiger partial charge < -0.3 is 14.6 Å². The van der Waals surface area contributed by atoms with E-state index < -0.39 is 17.8 Å². The van der Waals surface area contributed by atoms with E-state index in [0.717, 1.165) is 12.0 Å². The molecule has 0 spiro atoms. The summed E-state index contributed by atoms with van der Waals surface area (Å²) >= 11 is 0. The molecule has 140 valence electrons. The van der Waals surface area contributed by atoms with E-state index in [1.165, 1.54) is 4.90 Å². The molecule has 1 aromatic carbocycles. The van der Waals surface area contributed by atoms with Crippen molar-refractivity contribution < 1.29 is 24.2 Å². The molecule has 0 saturated carbocycles. The van der Waals surface area contributed by atoms with Gasteiger partial charge in [-0.1, -0.05) is 43.7 Å². The number of ether oxygens (including phenoxy) is 2. The SMILES string of the molecule is CCCCN(C(=O)OCC)[C@](O)(CC(=O)OCC)Cc1ccccc1. The van der Waals surface area contributed by atoms with Crippen LogP contribution < -0.4 is 0 Å². The Hall–Kier alpha value is -2.08. The zero-order valence-electron chi connectivity index (χ0n) is 15.4. The van der Waals surface area contributed by atoms with Gasteiger partial charge in [0.05, 0.1) is 19.6 Å². The molecule has 1 N–H and O–H groups in total. The second-order valence-electron chi connectivity index (χ2n) is 5.83. The smallest absolute Gasteiger partial charge is 0.412 e. The minimum Gasteiger partial charge on any atom is -0.466 e. The Bertz CT molecular complexity index is 534. The topological polar surface area (TPSA) is 76.1 Å². The van der Waals surface area contributed by atoms with Crippen LogP contribution in [0.1, 0.15) is 45.6 Å². The number of hydrogen-bond acceptors (Lipinski definition) is 5. The van der Waals surface area contributed by atoms with E-state index in [1.54, 1.807) is 13.8 Å². The zero-order valence-corrected chi connectivity index (χ0v) is 15.4. The van der Waals surface area contributed by atoms with Crippen LogP contribution in [-0.2, 0) is 20.7 Å². The summed E-state index contributed by atoms with van der Waals surface area (Å²) in [6, 6.07) is 9.26. The van der Waals surface area contributed by atoms with Gasteiger partial charge in [-0.15, -0.1) is 0 Å². The van der Waals surface area contributed by atoms with E-state index in [2.05, 4.69) is 0 Å². The average molecular weight is 351 g/mol. The van der Waals surface area contributed by atoms with Crippen LogP contribution in [0.25, 0.3) is 0 Å². The van der Waals surface area contributed by atoms with Gasteiger partial charge in [0.25, 0.3) is 0 Å². The Morgan fingerprint density at radius 1 is 1.08 bits per heavy atom. The molecule has 0 heterocycles. The molecule has 1 aromatic rings. The van der Waals surface area contributed by atoms with Crippen LogP contribution in [0, 0.1) is 0 Å². The predicted molar refractivity (Wildman–Crippen MR) is 95.0 cm³/mol. The minimum atomic E-state index is -1.70. The molecule has 0 fully saturated rings. The quantitative estimate of drug-likeness (QED) is 0.518. The number of aliphatic hydroxyl groups is 1. The van der Waals surface area contributed by atoms with Crippen LogP contribution in [0.15, 0.2) is 30.3 Å². The molecule has 1 atom stereocenters. The van der Waals surface area contributed by atoms with Crippen molar-refractivity contribution in [1.29, 1.82) is 0 Å². The predicted octanol–water partition coefficient (Wildman–Crippen LogP) is 3.13. The van der Waals surface area contributed by atoms with E-state index in [0.29, 0.717) is 13.0 Å². The summed E-state index contributed by atoms with van der Waals surface area (Å²) in [5.74, 6) is -0.549. The van der Waals surface area contributed by atoms with Gasteiger partial charge in [-0.3, -0.25) is 9.69 Å². The first-order valence-corrected chi connectivity index (χ1v) is 8.83. The minimum absolute atomic E-state index is 0.120. The zero-order chi connectivity index (χ0) is 18.7. The Labute approximate surface area is 149 Å². The van der Waals surface area contributed by atoms with Gasteiger partial charge in [-0.2, -0.15) is 0 Å². The summed E-state index contributed by atoms with van der Waals surface area (Å²) in [6.07, 6.45) is 0.724.